The van der Waals surface area contributed by atoms with Gasteiger partial charge in [0.2, 0.25) is 0 Å². The van der Waals surface area contributed by atoms with Gasteiger partial charge < -0.3 is 10.5 Å². The summed E-state index contributed by atoms with van der Waals surface area (Å²) in [6, 6.07) is -0.255. The zero-order chi connectivity index (χ0) is 9.42. The van der Waals surface area contributed by atoms with Crippen LogP contribution in [0.25, 0.3) is 0 Å². The van der Waals surface area contributed by atoms with E-state index in [0.717, 1.165) is 10.8 Å². The maximum atomic E-state index is 10.7. The van der Waals surface area contributed by atoms with Crippen LogP contribution in [0.1, 0.15) is 6.42 Å². The number of hydrogen-bond acceptors (Lipinski definition) is 5. The van der Waals surface area contributed by atoms with E-state index in [1.165, 1.54) is 6.34 Å². The zero-order valence-corrected chi connectivity index (χ0v) is 8.23. The van der Waals surface area contributed by atoms with Crippen molar-refractivity contribution in [3.8, 4) is 0 Å². The topological polar surface area (TPSA) is 71.0 Å². The van der Waals surface area contributed by atoms with E-state index < -0.39 is 0 Å². The average Bonchev–Trinajstić information content (AvgIpc) is 2.44. The number of aliphatic imine (C=N–C) groups is 1. The van der Waals surface area contributed by atoms with Gasteiger partial charge in [-0.2, -0.15) is 5.10 Å². The molecule has 6 heteroatoms. The van der Waals surface area contributed by atoms with E-state index in [1.807, 2.05) is 0 Å². The fourth-order valence-electron chi connectivity index (χ4n) is 1.37. The van der Waals surface area contributed by atoms with E-state index in [9.17, 15) is 4.79 Å². The van der Waals surface area contributed by atoms with Gasteiger partial charge in [0.1, 0.15) is 24.4 Å². The number of fused-ring (bicyclic) bond motifs is 1. The number of amidine groups is 1. The molecule has 0 aliphatic carbocycles. The third-order valence-corrected chi connectivity index (χ3v) is 2.66. The Bertz CT molecular complexity index is 346. The molecule has 5 nitrogen and oxygen atoms in total. The van der Waals surface area contributed by atoms with Crippen LogP contribution in [0.4, 0.5) is 0 Å². The van der Waals surface area contributed by atoms with E-state index in [-0.39, 0.29) is 6.04 Å². The molecule has 0 spiro atoms. The van der Waals surface area contributed by atoms with Gasteiger partial charge in [-0.05, 0) is 0 Å². The summed E-state index contributed by atoms with van der Waals surface area (Å²) in [5, 5.41) is 5.55. The fourth-order valence-corrected chi connectivity index (χ4v) is 2.08. The second kappa shape index (κ2) is 2.95. The molecule has 2 aliphatic rings. The molecule has 0 saturated heterocycles. The number of carbonyl (C=O) groups is 1. The minimum absolute atomic E-state index is 0.255. The van der Waals surface area contributed by atoms with Gasteiger partial charge in [-0.3, -0.25) is 0 Å². The van der Waals surface area contributed by atoms with Crippen molar-refractivity contribution in [2.45, 2.75) is 12.5 Å². The Morgan fingerprint density at radius 1 is 1.77 bits per heavy atom. The highest BCUT2D eigenvalue weighted by atomic mass is 79.9. The molecule has 2 aliphatic heterocycles. The van der Waals surface area contributed by atoms with Crippen molar-refractivity contribution in [2.75, 3.05) is 0 Å². The lowest BCUT2D eigenvalue weighted by atomic mass is 10.3. The van der Waals surface area contributed by atoms with E-state index in [2.05, 4.69) is 26.0 Å². The summed E-state index contributed by atoms with van der Waals surface area (Å²) in [5.41, 5.74) is 6.35. The van der Waals surface area contributed by atoms with Crippen molar-refractivity contribution < 1.29 is 4.79 Å². The SMILES string of the molecule is NC1=NC=NN2C1=C(Br)CC2C=O. The van der Waals surface area contributed by atoms with Crippen molar-refractivity contribution in [3.05, 3.63) is 10.2 Å². The maximum absolute atomic E-state index is 10.7. The van der Waals surface area contributed by atoms with E-state index in [0.29, 0.717) is 18.0 Å². The maximum Gasteiger partial charge on any atom is 0.151 e. The molecule has 0 radical (unpaired) electrons. The van der Waals surface area contributed by atoms with Crippen LogP contribution in [0.15, 0.2) is 20.3 Å². The molecule has 13 heavy (non-hydrogen) atoms. The fraction of sp³-hybridized carbons (Fsp3) is 0.286. The van der Waals surface area contributed by atoms with Gasteiger partial charge in [-0.15, -0.1) is 0 Å². The van der Waals surface area contributed by atoms with E-state index >= 15 is 0 Å². The number of hydrogen-bond donors (Lipinski definition) is 1. The molecular formula is C7H7BrN4O. The van der Waals surface area contributed by atoms with Crippen molar-refractivity contribution in [2.24, 2.45) is 15.8 Å². The predicted octanol–water partition coefficient (Wildman–Crippen LogP) is 0.180. The van der Waals surface area contributed by atoms with Crippen LogP contribution in [0, 0.1) is 0 Å². The first-order valence-electron chi connectivity index (χ1n) is 3.73. The van der Waals surface area contributed by atoms with Crippen molar-refractivity contribution in [1.82, 2.24) is 5.01 Å². The predicted molar refractivity (Wildman–Crippen MR) is 52.4 cm³/mol. The number of carbonyl (C=O) groups excluding carboxylic acids is 1. The molecule has 68 valence electrons. The van der Waals surface area contributed by atoms with E-state index in [1.54, 1.807) is 5.01 Å². The highest BCUT2D eigenvalue weighted by Gasteiger charge is 2.33. The summed E-state index contributed by atoms with van der Waals surface area (Å²) in [7, 11) is 0. The second-order valence-electron chi connectivity index (χ2n) is 2.75. The van der Waals surface area contributed by atoms with E-state index in [4.69, 9.17) is 5.73 Å². The molecule has 0 aromatic heterocycles. The summed E-state index contributed by atoms with van der Waals surface area (Å²) in [5.74, 6) is 0.395. The first kappa shape index (κ1) is 8.43. The van der Waals surface area contributed by atoms with Gasteiger partial charge in [0, 0.05) is 10.9 Å². The van der Waals surface area contributed by atoms with Crippen LogP contribution in [0.2, 0.25) is 0 Å². The molecular weight excluding hydrogens is 236 g/mol. The minimum atomic E-state index is -0.255. The highest BCUT2D eigenvalue weighted by molar-refractivity contribution is 9.11. The molecule has 0 fully saturated rings. The molecule has 0 amide bonds. The number of halogens is 1. The Morgan fingerprint density at radius 3 is 3.23 bits per heavy atom. The van der Waals surface area contributed by atoms with Crippen molar-refractivity contribution in [1.29, 1.82) is 0 Å². The lowest BCUT2D eigenvalue weighted by Crippen LogP contribution is -2.34. The summed E-state index contributed by atoms with van der Waals surface area (Å²) < 4.78 is 0.878. The summed E-state index contributed by atoms with van der Waals surface area (Å²) in [6.45, 7) is 0. The normalized spacial score (nSPS) is 26.1. The molecule has 0 aromatic rings. The Morgan fingerprint density at radius 2 is 2.54 bits per heavy atom. The van der Waals surface area contributed by atoms with Crippen LogP contribution in [0.3, 0.4) is 0 Å². The molecule has 1 atom stereocenters. The van der Waals surface area contributed by atoms with Gasteiger partial charge in [0.05, 0.1) is 0 Å². The lowest BCUT2D eigenvalue weighted by molar-refractivity contribution is -0.111. The monoisotopic (exact) mass is 242 g/mol. The molecule has 0 saturated carbocycles. The average molecular weight is 243 g/mol. The van der Waals surface area contributed by atoms with Gasteiger partial charge >= 0.3 is 0 Å². The summed E-state index contributed by atoms with van der Waals surface area (Å²) in [6.07, 6.45) is 2.80. The molecule has 0 bridgehead atoms. The van der Waals surface area contributed by atoms with Crippen LogP contribution < -0.4 is 5.73 Å². The zero-order valence-electron chi connectivity index (χ0n) is 6.64. The molecule has 2 N–H and O–H groups in total. The largest absolute Gasteiger partial charge is 0.382 e. The minimum Gasteiger partial charge on any atom is -0.382 e. The van der Waals surface area contributed by atoms with Gasteiger partial charge in [0.15, 0.2) is 5.84 Å². The Labute approximate surface area is 83.1 Å². The number of rotatable bonds is 1. The lowest BCUT2D eigenvalue weighted by Gasteiger charge is -2.21. The molecule has 1 unspecified atom stereocenters. The third-order valence-electron chi connectivity index (χ3n) is 1.96. The van der Waals surface area contributed by atoms with Crippen LogP contribution >= 0.6 is 15.9 Å². The Balaban J connectivity index is 2.41. The smallest absolute Gasteiger partial charge is 0.151 e. The van der Waals surface area contributed by atoms with Crippen molar-refractivity contribution in [3.63, 3.8) is 0 Å². The molecule has 2 rings (SSSR count). The number of hydrazone groups is 1. The quantitative estimate of drug-likeness (QED) is 0.668. The van der Waals surface area contributed by atoms with Gasteiger partial charge in [-0.1, -0.05) is 15.9 Å². The van der Waals surface area contributed by atoms with Crippen molar-refractivity contribution >= 4 is 34.4 Å². The van der Waals surface area contributed by atoms with Crippen LogP contribution in [-0.2, 0) is 4.79 Å². The van der Waals surface area contributed by atoms with Crippen LogP contribution in [0.5, 0.6) is 0 Å². The van der Waals surface area contributed by atoms with Gasteiger partial charge in [-0.25, -0.2) is 10.0 Å². The third kappa shape index (κ3) is 1.17. The summed E-state index contributed by atoms with van der Waals surface area (Å²) >= 11 is 3.35. The van der Waals surface area contributed by atoms with Gasteiger partial charge in [0.25, 0.3) is 0 Å². The first-order chi connectivity index (χ1) is 6.24. The summed E-state index contributed by atoms with van der Waals surface area (Å²) in [4.78, 5) is 14.5. The number of nitrogens with two attached hydrogens (primary N) is 1. The Kier molecular flexibility index (Phi) is 1.91. The highest BCUT2D eigenvalue weighted by Crippen LogP contribution is 2.32. The molecule has 2 heterocycles. The number of nitrogens with zero attached hydrogens (tertiary/aromatic N) is 3. The first-order valence-corrected chi connectivity index (χ1v) is 4.52. The standard InChI is InChI=1S/C7H7BrN4O/c8-5-1-4(2-13)12-6(5)7(9)10-3-11-12/h2-4H,1H2,(H2,9,10,11). The Hall–Kier alpha value is -1.17. The van der Waals surface area contributed by atoms with Crippen LogP contribution in [-0.4, -0.2) is 29.5 Å². The number of aldehydes is 1. The molecule has 0 aromatic carbocycles. The second-order valence-corrected chi connectivity index (χ2v) is 3.71.